The van der Waals surface area contributed by atoms with Gasteiger partial charge in [0.2, 0.25) is 0 Å². The number of methoxy groups -OCH3 is 1. The maximum absolute atomic E-state index is 5.37. The third kappa shape index (κ3) is 3.96. The molecule has 0 aliphatic carbocycles. The molecular formula is C10H18N4OS. The maximum Gasteiger partial charge on any atom is 0.144 e. The molecular weight excluding hydrogens is 224 g/mol. The Morgan fingerprint density at radius 2 is 2.25 bits per heavy atom. The minimum Gasteiger partial charge on any atom is -0.384 e. The summed E-state index contributed by atoms with van der Waals surface area (Å²) < 4.78 is 4.99. The molecule has 1 heterocycles. The van der Waals surface area contributed by atoms with Crippen LogP contribution >= 0.6 is 11.8 Å². The molecule has 0 aliphatic rings. The SMILES string of the molecule is COCCSc1cc(NN)nc(C(C)C)n1. The van der Waals surface area contributed by atoms with Crippen LogP contribution in [0.1, 0.15) is 25.6 Å². The molecule has 16 heavy (non-hydrogen) atoms. The van der Waals surface area contributed by atoms with Crippen molar-refractivity contribution in [3.63, 3.8) is 0 Å². The van der Waals surface area contributed by atoms with Crippen LogP contribution in [-0.2, 0) is 4.74 Å². The topological polar surface area (TPSA) is 73.1 Å². The molecule has 6 heteroatoms. The van der Waals surface area contributed by atoms with Crippen molar-refractivity contribution in [3.05, 3.63) is 11.9 Å². The Kier molecular flexibility index (Phi) is 5.51. The smallest absolute Gasteiger partial charge is 0.144 e. The Bertz CT molecular complexity index is 333. The lowest BCUT2D eigenvalue weighted by Crippen LogP contribution is -2.11. The van der Waals surface area contributed by atoms with Crippen LogP contribution in [0.4, 0.5) is 5.82 Å². The molecule has 0 aliphatic heterocycles. The van der Waals surface area contributed by atoms with Gasteiger partial charge < -0.3 is 10.2 Å². The first-order valence-corrected chi connectivity index (χ1v) is 6.13. The van der Waals surface area contributed by atoms with E-state index < -0.39 is 0 Å². The predicted octanol–water partition coefficient (Wildman–Crippen LogP) is 1.62. The Balaban J connectivity index is 2.78. The van der Waals surface area contributed by atoms with E-state index in [0.717, 1.165) is 16.6 Å². The Hall–Kier alpha value is -0.850. The van der Waals surface area contributed by atoms with Crippen LogP contribution in [0.25, 0.3) is 0 Å². The average Bonchev–Trinajstić information content (AvgIpc) is 2.29. The Labute approximate surface area is 100 Å². The summed E-state index contributed by atoms with van der Waals surface area (Å²) >= 11 is 1.63. The number of hydrazine groups is 1. The standard InChI is InChI=1S/C10H18N4OS/c1-7(2)10-12-8(14-11)6-9(13-10)16-5-4-15-3/h6-7H,4-5,11H2,1-3H3,(H,12,13,14). The number of nitrogen functional groups attached to an aromatic ring is 1. The number of thioether (sulfide) groups is 1. The van der Waals surface area contributed by atoms with Crippen molar-refractivity contribution in [2.45, 2.75) is 24.8 Å². The zero-order chi connectivity index (χ0) is 12.0. The van der Waals surface area contributed by atoms with Gasteiger partial charge in [-0.15, -0.1) is 11.8 Å². The zero-order valence-corrected chi connectivity index (χ0v) is 10.7. The molecule has 0 bridgehead atoms. The fourth-order valence-electron chi connectivity index (χ4n) is 1.08. The summed E-state index contributed by atoms with van der Waals surface area (Å²) in [6.45, 7) is 4.82. The maximum atomic E-state index is 5.37. The second kappa shape index (κ2) is 6.67. The van der Waals surface area contributed by atoms with Crippen LogP contribution in [0.5, 0.6) is 0 Å². The van der Waals surface area contributed by atoms with Gasteiger partial charge in [0.15, 0.2) is 0 Å². The third-order valence-electron chi connectivity index (χ3n) is 1.92. The molecule has 0 unspecified atom stereocenters. The molecule has 1 aromatic heterocycles. The van der Waals surface area contributed by atoms with E-state index in [1.54, 1.807) is 18.9 Å². The fourth-order valence-corrected chi connectivity index (χ4v) is 1.89. The van der Waals surface area contributed by atoms with E-state index in [0.29, 0.717) is 12.4 Å². The highest BCUT2D eigenvalue weighted by molar-refractivity contribution is 7.99. The van der Waals surface area contributed by atoms with Crippen LogP contribution in [0.3, 0.4) is 0 Å². The number of anilines is 1. The minimum atomic E-state index is 0.287. The lowest BCUT2D eigenvalue weighted by Gasteiger charge is -2.09. The van der Waals surface area contributed by atoms with Crippen molar-refractivity contribution in [1.82, 2.24) is 9.97 Å². The van der Waals surface area contributed by atoms with Crippen molar-refractivity contribution >= 4 is 17.6 Å². The van der Waals surface area contributed by atoms with Crippen molar-refractivity contribution < 1.29 is 4.74 Å². The number of hydrogen-bond acceptors (Lipinski definition) is 6. The predicted molar refractivity (Wildman–Crippen MR) is 66.5 cm³/mol. The van der Waals surface area contributed by atoms with Gasteiger partial charge in [-0.05, 0) is 0 Å². The van der Waals surface area contributed by atoms with E-state index in [1.165, 1.54) is 0 Å². The van der Waals surface area contributed by atoms with Gasteiger partial charge in [0.1, 0.15) is 16.7 Å². The van der Waals surface area contributed by atoms with Crippen molar-refractivity contribution in [1.29, 1.82) is 0 Å². The van der Waals surface area contributed by atoms with Crippen LogP contribution < -0.4 is 11.3 Å². The molecule has 90 valence electrons. The monoisotopic (exact) mass is 242 g/mol. The summed E-state index contributed by atoms with van der Waals surface area (Å²) in [5.74, 6) is 7.98. The first kappa shape index (κ1) is 13.2. The number of rotatable bonds is 6. The number of ether oxygens (including phenoxy) is 1. The third-order valence-corrected chi connectivity index (χ3v) is 2.80. The molecule has 1 rings (SSSR count). The Morgan fingerprint density at radius 3 is 2.81 bits per heavy atom. The van der Waals surface area contributed by atoms with Gasteiger partial charge in [0.25, 0.3) is 0 Å². The van der Waals surface area contributed by atoms with Crippen LogP contribution in [0, 0.1) is 0 Å². The quantitative estimate of drug-likeness (QED) is 0.260. The minimum absolute atomic E-state index is 0.287. The van der Waals surface area contributed by atoms with Gasteiger partial charge in [-0.3, -0.25) is 0 Å². The molecule has 0 fully saturated rings. The molecule has 1 aromatic rings. The lowest BCUT2D eigenvalue weighted by molar-refractivity contribution is 0.218. The highest BCUT2D eigenvalue weighted by Gasteiger charge is 2.07. The van der Waals surface area contributed by atoms with Gasteiger partial charge in [-0.2, -0.15) is 0 Å². The first-order chi connectivity index (χ1) is 7.67. The largest absolute Gasteiger partial charge is 0.384 e. The number of nitrogens with one attached hydrogen (secondary N) is 1. The van der Waals surface area contributed by atoms with Crippen molar-refractivity contribution in [2.75, 3.05) is 24.9 Å². The summed E-state index contributed by atoms with van der Waals surface area (Å²) in [6.07, 6.45) is 0. The van der Waals surface area contributed by atoms with Gasteiger partial charge in [-0.1, -0.05) is 13.8 Å². The van der Waals surface area contributed by atoms with E-state index in [1.807, 2.05) is 6.07 Å². The average molecular weight is 242 g/mol. The number of aromatic nitrogens is 2. The summed E-state index contributed by atoms with van der Waals surface area (Å²) in [5, 5.41) is 0.920. The molecule has 5 nitrogen and oxygen atoms in total. The highest BCUT2D eigenvalue weighted by Crippen LogP contribution is 2.21. The fraction of sp³-hybridized carbons (Fsp3) is 0.600. The van der Waals surface area contributed by atoms with Gasteiger partial charge in [0, 0.05) is 24.8 Å². The summed E-state index contributed by atoms with van der Waals surface area (Å²) in [7, 11) is 1.69. The van der Waals surface area contributed by atoms with Crippen molar-refractivity contribution in [3.8, 4) is 0 Å². The molecule has 0 amide bonds. The second-order valence-electron chi connectivity index (χ2n) is 3.59. The zero-order valence-electron chi connectivity index (χ0n) is 9.86. The first-order valence-electron chi connectivity index (χ1n) is 5.14. The van der Waals surface area contributed by atoms with Gasteiger partial charge >= 0.3 is 0 Å². The van der Waals surface area contributed by atoms with E-state index in [2.05, 4.69) is 29.2 Å². The van der Waals surface area contributed by atoms with Gasteiger partial charge in [0.05, 0.1) is 6.61 Å². The molecule has 0 saturated heterocycles. The van der Waals surface area contributed by atoms with E-state index >= 15 is 0 Å². The molecule has 0 atom stereocenters. The van der Waals surface area contributed by atoms with E-state index in [9.17, 15) is 0 Å². The second-order valence-corrected chi connectivity index (χ2v) is 4.71. The molecule has 0 radical (unpaired) electrons. The lowest BCUT2D eigenvalue weighted by atomic mass is 10.2. The summed E-state index contributed by atoms with van der Waals surface area (Å²) in [4.78, 5) is 8.74. The molecule has 0 saturated carbocycles. The van der Waals surface area contributed by atoms with Crippen LogP contribution in [0.2, 0.25) is 0 Å². The Morgan fingerprint density at radius 1 is 1.50 bits per heavy atom. The van der Waals surface area contributed by atoms with Gasteiger partial charge in [-0.25, -0.2) is 15.8 Å². The summed E-state index contributed by atoms with van der Waals surface area (Å²) in [5.41, 5.74) is 2.56. The highest BCUT2D eigenvalue weighted by atomic mass is 32.2. The van der Waals surface area contributed by atoms with Crippen LogP contribution in [0.15, 0.2) is 11.1 Å². The number of hydrogen-bond donors (Lipinski definition) is 2. The molecule has 3 N–H and O–H groups in total. The molecule has 0 aromatic carbocycles. The van der Waals surface area contributed by atoms with Crippen LogP contribution in [-0.4, -0.2) is 29.4 Å². The van der Waals surface area contributed by atoms with E-state index in [-0.39, 0.29) is 5.92 Å². The molecule has 0 spiro atoms. The summed E-state index contributed by atoms with van der Waals surface area (Å²) in [6, 6.07) is 1.84. The number of nitrogens with zero attached hydrogens (tertiary/aromatic N) is 2. The normalized spacial score (nSPS) is 10.8. The van der Waals surface area contributed by atoms with E-state index in [4.69, 9.17) is 10.6 Å². The number of nitrogens with two attached hydrogens (primary N) is 1. The van der Waals surface area contributed by atoms with Crippen molar-refractivity contribution in [2.24, 2.45) is 5.84 Å².